The zero-order valence-electron chi connectivity index (χ0n) is 11.4. The quantitative estimate of drug-likeness (QED) is 0.754. The number of rotatable bonds is 5. The third kappa shape index (κ3) is 4.32. The number of ether oxygens (including phenoxy) is 2. The molecule has 19 heavy (non-hydrogen) atoms. The summed E-state index contributed by atoms with van der Waals surface area (Å²) < 4.78 is 35.2. The van der Waals surface area contributed by atoms with Gasteiger partial charge in [0.1, 0.15) is 5.37 Å². The zero-order chi connectivity index (χ0) is 13.7. The number of sulfone groups is 1. The van der Waals surface area contributed by atoms with E-state index in [1.165, 1.54) is 0 Å². The van der Waals surface area contributed by atoms with Crippen LogP contribution in [0.15, 0.2) is 0 Å². The first-order valence-corrected chi connectivity index (χ1v) is 9.77. The van der Waals surface area contributed by atoms with E-state index in [2.05, 4.69) is 4.90 Å². The molecule has 1 unspecified atom stereocenters. The van der Waals surface area contributed by atoms with Crippen molar-refractivity contribution in [3.05, 3.63) is 0 Å². The van der Waals surface area contributed by atoms with Gasteiger partial charge in [-0.1, -0.05) is 6.92 Å². The van der Waals surface area contributed by atoms with Crippen molar-refractivity contribution in [2.24, 2.45) is 0 Å². The average Bonchev–Trinajstić information content (AvgIpc) is 2.46. The smallest absolute Gasteiger partial charge is 0.166 e. The summed E-state index contributed by atoms with van der Waals surface area (Å²) in [4.78, 5) is 2.08. The number of nitrogens with zero attached hydrogens (tertiary/aromatic N) is 1. The van der Waals surface area contributed by atoms with E-state index >= 15 is 0 Å². The van der Waals surface area contributed by atoms with Gasteiger partial charge in [-0.25, -0.2) is 8.42 Å². The van der Waals surface area contributed by atoms with Crippen molar-refractivity contribution < 1.29 is 17.9 Å². The Balaban J connectivity index is 1.88. The maximum atomic E-state index is 12.1. The molecule has 0 saturated carbocycles. The van der Waals surface area contributed by atoms with Crippen LogP contribution in [0.5, 0.6) is 0 Å². The molecule has 0 N–H and O–H groups in total. The average molecular weight is 309 g/mol. The maximum Gasteiger partial charge on any atom is 0.166 e. The fraction of sp³-hybridized carbons (Fsp3) is 1.00. The number of hydrogen-bond donors (Lipinski definition) is 0. The van der Waals surface area contributed by atoms with E-state index in [4.69, 9.17) is 9.47 Å². The van der Waals surface area contributed by atoms with Crippen LogP contribution >= 0.6 is 11.8 Å². The summed E-state index contributed by atoms with van der Waals surface area (Å²) in [6.45, 7) is 4.78. The maximum absolute atomic E-state index is 12.1. The van der Waals surface area contributed by atoms with Gasteiger partial charge in [0.25, 0.3) is 0 Å². The largest absolute Gasteiger partial charge is 0.353 e. The summed E-state index contributed by atoms with van der Waals surface area (Å²) in [5.41, 5.74) is 0. The summed E-state index contributed by atoms with van der Waals surface area (Å²) >= 11 is 1.73. The predicted molar refractivity (Wildman–Crippen MR) is 77.1 cm³/mol. The molecular formula is C12H23NO4S2. The minimum atomic E-state index is -3.00. The fourth-order valence-electron chi connectivity index (χ4n) is 2.37. The Bertz CT molecular complexity index is 368. The highest BCUT2D eigenvalue weighted by Crippen LogP contribution is 2.22. The van der Waals surface area contributed by atoms with Crippen molar-refractivity contribution in [1.29, 1.82) is 0 Å². The lowest BCUT2D eigenvalue weighted by Gasteiger charge is -2.35. The first kappa shape index (κ1) is 15.6. The van der Waals surface area contributed by atoms with E-state index in [-0.39, 0.29) is 17.4 Å². The summed E-state index contributed by atoms with van der Waals surface area (Å²) in [6.07, 6.45) is 1.54. The van der Waals surface area contributed by atoms with E-state index < -0.39 is 9.84 Å². The van der Waals surface area contributed by atoms with Crippen molar-refractivity contribution in [2.45, 2.75) is 31.4 Å². The van der Waals surface area contributed by atoms with E-state index in [1.54, 1.807) is 18.7 Å². The molecular weight excluding hydrogens is 286 g/mol. The molecule has 2 saturated heterocycles. The summed E-state index contributed by atoms with van der Waals surface area (Å²) in [5, 5.41) is -0.333. The molecule has 0 bridgehead atoms. The van der Waals surface area contributed by atoms with Gasteiger partial charge in [0.15, 0.2) is 16.1 Å². The molecule has 2 fully saturated rings. The van der Waals surface area contributed by atoms with E-state index in [0.717, 1.165) is 44.9 Å². The van der Waals surface area contributed by atoms with Gasteiger partial charge in [0.05, 0.1) is 13.2 Å². The molecule has 0 radical (unpaired) electrons. The third-order valence-electron chi connectivity index (χ3n) is 3.56. The highest BCUT2D eigenvalue weighted by Gasteiger charge is 2.33. The van der Waals surface area contributed by atoms with Crippen LogP contribution in [0.3, 0.4) is 0 Å². The van der Waals surface area contributed by atoms with Crippen LogP contribution in [0.4, 0.5) is 0 Å². The molecule has 5 nitrogen and oxygen atoms in total. The number of hydrogen-bond acceptors (Lipinski definition) is 6. The van der Waals surface area contributed by atoms with E-state index in [0.29, 0.717) is 5.75 Å². The molecule has 0 aromatic rings. The lowest BCUT2D eigenvalue weighted by atomic mass is 10.3. The fourth-order valence-corrected chi connectivity index (χ4v) is 5.48. The molecule has 2 heterocycles. The van der Waals surface area contributed by atoms with Gasteiger partial charge in [-0.2, -0.15) is 11.8 Å². The predicted octanol–water partition coefficient (Wildman–Crippen LogP) is 0.949. The second kappa shape index (κ2) is 7.26. The molecule has 1 atom stereocenters. The Labute approximate surface area is 119 Å². The van der Waals surface area contributed by atoms with Gasteiger partial charge in [0, 0.05) is 36.8 Å². The Morgan fingerprint density at radius 1 is 1.32 bits per heavy atom. The first-order valence-electron chi connectivity index (χ1n) is 6.90. The van der Waals surface area contributed by atoms with Gasteiger partial charge in [-0.15, -0.1) is 0 Å². The number of thioether (sulfide) groups is 1. The molecule has 2 rings (SSSR count). The van der Waals surface area contributed by atoms with Gasteiger partial charge >= 0.3 is 0 Å². The van der Waals surface area contributed by atoms with Crippen molar-refractivity contribution in [3.63, 3.8) is 0 Å². The second-order valence-electron chi connectivity index (χ2n) is 4.83. The van der Waals surface area contributed by atoms with Gasteiger partial charge in [0.2, 0.25) is 0 Å². The molecule has 0 spiro atoms. The Kier molecular flexibility index (Phi) is 5.95. The normalized spacial score (nSPS) is 27.5. The second-order valence-corrected chi connectivity index (χ2v) is 8.43. The molecule has 0 aromatic heterocycles. The van der Waals surface area contributed by atoms with Crippen LogP contribution in [0.1, 0.15) is 19.8 Å². The molecule has 0 aliphatic carbocycles. The minimum absolute atomic E-state index is 0.159. The Hall–Kier alpha value is 0.180. The Morgan fingerprint density at radius 3 is 2.74 bits per heavy atom. The van der Waals surface area contributed by atoms with E-state index in [1.807, 2.05) is 0 Å². The highest BCUT2D eigenvalue weighted by molar-refractivity contribution is 8.01. The van der Waals surface area contributed by atoms with Crippen molar-refractivity contribution in [1.82, 2.24) is 4.90 Å². The molecule has 2 aliphatic rings. The molecule has 0 aromatic carbocycles. The first-order chi connectivity index (χ1) is 9.13. The van der Waals surface area contributed by atoms with Crippen LogP contribution in [0.2, 0.25) is 0 Å². The van der Waals surface area contributed by atoms with Crippen molar-refractivity contribution >= 4 is 21.6 Å². The highest BCUT2D eigenvalue weighted by atomic mass is 32.2. The summed E-state index contributed by atoms with van der Waals surface area (Å²) in [7, 11) is -3.00. The third-order valence-corrected chi connectivity index (χ3v) is 6.89. The SMILES string of the molecule is CCS(=O)(=O)C1CSCCN1CCC1OCCCO1. The monoisotopic (exact) mass is 309 g/mol. The molecule has 7 heteroatoms. The van der Waals surface area contributed by atoms with Crippen molar-refractivity contribution in [2.75, 3.05) is 43.6 Å². The topological polar surface area (TPSA) is 55.8 Å². The van der Waals surface area contributed by atoms with Gasteiger partial charge in [-0.05, 0) is 6.42 Å². The van der Waals surface area contributed by atoms with Gasteiger partial charge in [-0.3, -0.25) is 4.90 Å². The van der Waals surface area contributed by atoms with Crippen LogP contribution in [-0.2, 0) is 19.3 Å². The lowest BCUT2D eigenvalue weighted by molar-refractivity contribution is -0.182. The van der Waals surface area contributed by atoms with E-state index in [9.17, 15) is 8.42 Å². The van der Waals surface area contributed by atoms with Gasteiger partial charge < -0.3 is 9.47 Å². The Morgan fingerprint density at radius 2 is 2.05 bits per heavy atom. The molecule has 2 aliphatic heterocycles. The molecule has 0 amide bonds. The van der Waals surface area contributed by atoms with Crippen LogP contribution in [-0.4, -0.2) is 68.5 Å². The standard InChI is InChI=1S/C12H23NO4S2/c1-2-19(14,15)11-10-18-9-6-13(11)5-4-12-16-7-3-8-17-12/h11-12H,2-10H2,1H3. The summed E-state index contributed by atoms with van der Waals surface area (Å²) in [5.74, 6) is 1.90. The lowest BCUT2D eigenvalue weighted by Crippen LogP contribution is -2.48. The summed E-state index contributed by atoms with van der Waals surface area (Å²) in [6, 6.07) is 0. The van der Waals surface area contributed by atoms with Crippen LogP contribution in [0.25, 0.3) is 0 Å². The minimum Gasteiger partial charge on any atom is -0.353 e. The molecule has 112 valence electrons. The zero-order valence-corrected chi connectivity index (χ0v) is 13.0. The van der Waals surface area contributed by atoms with Crippen LogP contribution < -0.4 is 0 Å². The van der Waals surface area contributed by atoms with Crippen molar-refractivity contribution in [3.8, 4) is 0 Å². The van der Waals surface area contributed by atoms with Crippen LogP contribution in [0, 0.1) is 0 Å².